The molecule has 1 aliphatic heterocycles. The van der Waals surface area contributed by atoms with Crippen LogP contribution in [0.2, 0.25) is 0 Å². The van der Waals surface area contributed by atoms with E-state index in [4.69, 9.17) is 5.73 Å². The molecule has 6 nitrogen and oxygen atoms in total. The zero-order chi connectivity index (χ0) is 27.4. The highest BCUT2D eigenvalue weighted by Crippen LogP contribution is 2.36. The molecule has 1 fully saturated rings. The maximum Gasteiger partial charge on any atom is 0.416 e. The fraction of sp³-hybridized carbons (Fsp3) is 0.179. The zero-order valence-corrected chi connectivity index (χ0v) is 20.2. The van der Waals surface area contributed by atoms with Gasteiger partial charge >= 0.3 is 6.18 Å². The van der Waals surface area contributed by atoms with Crippen molar-refractivity contribution in [3.63, 3.8) is 0 Å². The Morgan fingerprint density at radius 1 is 1.05 bits per heavy atom. The molecule has 4 rings (SSSR count). The molecule has 1 heterocycles. The van der Waals surface area contributed by atoms with Crippen molar-refractivity contribution in [2.75, 3.05) is 6.54 Å². The molecular weight excluding hydrogens is 500 g/mol. The molecule has 2 unspecified atom stereocenters. The average molecular weight is 525 g/mol. The first-order chi connectivity index (χ1) is 18.1. The van der Waals surface area contributed by atoms with Gasteiger partial charge in [-0.2, -0.15) is 13.2 Å². The molecule has 3 aromatic rings. The number of hydrogen-bond acceptors (Lipinski definition) is 4. The highest BCUT2D eigenvalue weighted by molar-refractivity contribution is 6.15. The Labute approximate surface area is 216 Å². The number of para-hydroxylation sites is 1. The number of amides is 2. The van der Waals surface area contributed by atoms with E-state index < -0.39 is 41.3 Å². The fourth-order valence-electron chi connectivity index (χ4n) is 4.37. The number of piperidine rings is 1. The van der Waals surface area contributed by atoms with E-state index in [0.717, 1.165) is 18.2 Å². The van der Waals surface area contributed by atoms with Gasteiger partial charge in [-0.05, 0) is 55.0 Å². The summed E-state index contributed by atoms with van der Waals surface area (Å²) in [6, 6.07) is 16.9. The highest BCUT2D eigenvalue weighted by atomic mass is 19.4. The standard InChI is InChI=1S/C28H24F4N4O2/c1-2-36-25(34-21-9-4-3-5-10-21)22(16-33)23(17-11-13-20(29)14-12-17)24(27(36)38)35-26(37)18-7-6-8-19(15-18)28(30,31)32/h3-16,23-24H,2,33H2,1H3,(H,35,37)/b22-16-,34-25?. The number of aliphatic imine (C=N–C) groups is 1. The summed E-state index contributed by atoms with van der Waals surface area (Å²) in [4.78, 5) is 32.9. The van der Waals surface area contributed by atoms with Crippen LogP contribution in [0.1, 0.15) is 34.3 Å². The summed E-state index contributed by atoms with van der Waals surface area (Å²) in [5.41, 5.74) is 6.18. The third-order valence-electron chi connectivity index (χ3n) is 6.17. The van der Waals surface area contributed by atoms with Crippen LogP contribution < -0.4 is 11.1 Å². The van der Waals surface area contributed by atoms with Crippen molar-refractivity contribution in [2.24, 2.45) is 10.7 Å². The lowest BCUT2D eigenvalue weighted by atomic mass is 9.80. The summed E-state index contributed by atoms with van der Waals surface area (Å²) in [5, 5.41) is 2.60. The van der Waals surface area contributed by atoms with Crippen LogP contribution in [0, 0.1) is 5.82 Å². The minimum atomic E-state index is -4.65. The first-order valence-electron chi connectivity index (χ1n) is 11.7. The lowest BCUT2D eigenvalue weighted by Gasteiger charge is -2.40. The number of nitrogens with two attached hydrogens (primary N) is 1. The summed E-state index contributed by atoms with van der Waals surface area (Å²) in [5.74, 6) is -2.56. The molecule has 2 atom stereocenters. The van der Waals surface area contributed by atoms with Crippen LogP contribution >= 0.6 is 0 Å². The van der Waals surface area contributed by atoms with Gasteiger partial charge in [0.2, 0.25) is 0 Å². The van der Waals surface area contributed by atoms with Crippen molar-refractivity contribution in [2.45, 2.75) is 25.1 Å². The third kappa shape index (κ3) is 5.44. The largest absolute Gasteiger partial charge is 0.416 e. The summed E-state index contributed by atoms with van der Waals surface area (Å²) < 4.78 is 53.4. The molecule has 0 saturated carbocycles. The van der Waals surface area contributed by atoms with E-state index in [1.807, 2.05) is 6.07 Å². The van der Waals surface area contributed by atoms with Crippen LogP contribution in [-0.2, 0) is 11.0 Å². The minimum Gasteiger partial charge on any atom is -0.404 e. The van der Waals surface area contributed by atoms with Gasteiger partial charge in [0.05, 0.1) is 11.3 Å². The Kier molecular flexibility index (Phi) is 7.61. The Bertz CT molecular complexity index is 1390. The van der Waals surface area contributed by atoms with Gasteiger partial charge in [-0.15, -0.1) is 0 Å². The van der Waals surface area contributed by atoms with Crippen molar-refractivity contribution >= 4 is 23.3 Å². The molecule has 0 spiro atoms. The summed E-state index contributed by atoms with van der Waals surface area (Å²) in [7, 11) is 0. The number of carbonyl (C=O) groups excluding carboxylic acids is 2. The Morgan fingerprint density at radius 3 is 2.34 bits per heavy atom. The number of halogens is 4. The number of hydrogen-bond donors (Lipinski definition) is 2. The number of nitrogens with zero attached hydrogens (tertiary/aromatic N) is 2. The van der Waals surface area contributed by atoms with Gasteiger partial charge in [-0.3, -0.25) is 14.5 Å². The lowest BCUT2D eigenvalue weighted by Crippen LogP contribution is -2.58. The Hall–Kier alpha value is -4.47. The molecule has 196 valence electrons. The molecule has 2 amide bonds. The van der Waals surface area contributed by atoms with Crippen molar-refractivity contribution in [3.8, 4) is 0 Å². The van der Waals surface area contributed by atoms with Crippen LogP contribution in [0.25, 0.3) is 0 Å². The number of benzene rings is 3. The normalized spacial score (nSPS) is 20.1. The number of alkyl halides is 3. The number of likely N-dealkylation sites (tertiary alicyclic amines) is 1. The molecule has 0 bridgehead atoms. The van der Waals surface area contributed by atoms with Crippen LogP contribution in [0.4, 0.5) is 23.2 Å². The smallest absolute Gasteiger partial charge is 0.404 e. The van der Waals surface area contributed by atoms with E-state index >= 15 is 0 Å². The molecular formula is C28H24F4N4O2. The second-order valence-electron chi connectivity index (χ2n) is 8.53. The van der Waals surface area contributed by atoms with Crippen molar-refractivity contribution in [1.29, 1.82) is 0 Å². The molecule has 3 aromatic carbocycles. The number of nitrogens with one attached hydrogen (secondary N) is 1. The molecule has 1 aliphatic rings. The van der Waals surface area contributed by atoms with E-state index in [0.29, 0.717) is 16.8 Å². The van der Waals surface area contributed by atoms with Crippen molar-refractivity contribution in [3.05, 3.63) is 113 Å². The van der Waals surface area contributed by atoms with Gasteiger partial charge in [0.25, 0.3) is 11.8 Å². The first-order valence-corrected chi connectivity index (χ1v) is 11.7. The quantitative estimate of drug-likeness (QED) is 0.452. The van der Waals surface area contributed by atoms with E-state index in [9.17, 15) is 27.2 Å². The lowest BCUT2D eigenvalue weighted by molar-refractivity contribution is -0.137. The van der Waals surface area contributed by atoms with E-state index in [2.05, 4.69) is 10.3 Å². The van der Waals surface area contributed by atoms with E-state index in [-0.39, 0.29) is 17.9 Å². The highest BCUT2D eigenvalue weighted by Gasteiger charge is 2.45. The molecule has 38 heavy (non-hydrogen) atoms. The van der Waals surface area contributed by atoms with Crippen LogP contribution in [0.15, 0.2) is 95.6 Å². The van der Waals surface area contributed by atoms with E-state index in [1.54, 1.807) is 31.2 Å². The van der Waals surface area contributed by atoms with Crippen LogP contribution in [0.3, 0.4) is 0 Å². The maximum absolute atomic E-state index is 13.8. The van der Waals surface area contributed by atoms with Crippen molar-refractivity contribution < 1.29 is 27.2 Å². The first kappa shape index (κ1) is 26.6. The van der Waals surface area contributed by atoms with Crippen LogP contribution in [-0.4, -0.2) is 35.1 Å². The SMILES string of the molecule is CCN1C(=O)C(NC(=O)c2cccc(C(F)(F)F)c2)C(c2ccc(F)cc2)/C(=C/N)C1=Nc1ccccc1. The predicted octanol–water partition coefficient (Wildman–Crippen LogP) is 5.16. The van der Waals surface area contributed by atoms with E-state index in [1.165, 1.54) is 41.4 Å². The van der Waals surface area contributed by atoms with Gasteiger partial charge in [0.15, 0.2) is 0 Å². The molecule has 1 saturated heterocycles. The van der Waals surface area contributed by atoms with Gasteiger partial charge < -0.3 is 11.1 Å². The second-order valence-corrected chi connectivity index (χ2v) is 8.53. The fourth-order valence-corrected chi connectivity index (χ4v) is 4.37. The molecule has 0 aromatic heterocycles. The third-order valence-corrected chi connectivity index (χ3v) is 6.17. The summed E-state index contributed by atoms with van der Waals surface area (Å²) in [6.45, 7) is 1.89. The maximum atomic E-state index is 13.8. The molecule has 0 aliphatic carbocycles. The molecule has 3 N–H and O–H groups in total. The summed E-state index contributed by atoms with van der Waals surface area (Å²) >= 11 is 0. The van der Waals surface area contributed by atoms with Gasteiger partial charge in [0, 0.05) is 29.8 Å². The number of carbonyl (C=O) groups is 2. The topological polar surface area (TPSA) is 87.8 Å². The number of likely N-dealkylation sites (N-methyl/N-ethyl adjacent to an activating group) is 1. The van der Waals surface area contributed by atoms with Gasteiger partial charge in [0.1, 0.15) is 17.7 Å². The van der Waals surface area contributed by atoms with Gasteiger partial charge in [-0.25, -0.2) is 9.38 Å². The predicted molar refractivity (Wildman–Crippen MR) is 135 cm³/mol. The average Bonchev–Trinajstić information content (AvgIpc) is 2.91. The molecule has 0 radical (unpaired) electrons. The van der Waals surface area contributed by atoms with Crippen LogP contribution in [0.5, 0.6) is 0 Å². The Morgan fingerprint density at radius 2 is 1.74 bits per heavy atom. The monoisotopic (exact) mass is 524 g/mol. The summed E-state index contributed by atoms with van der Waals surface area (Å²) in [6.07, 6.45) is -3.38. The Balaban J connectivity index is 1.81. The second kappa shape index (κ2) is 10.9. The molecule has 10 heteroatoms. The number of amidine groups is 1. The van der Waals surface area contributed by atoms with Gasteiger partial charge in [-0.1, -0.05) is 36.4 Å². The van der Waals surface area contributed by atoms with Crippen molar-refractivity contribution in [1.82, 2.24) is 10.2 Å². The minimum absolute atomic E-state index is 0.175. The number of rotatable bonds is 5. The zero-order valence-electron chi connectivity index (χ0n) is 20.2.